The summed E-state index contributed by atoms with van der Waals surface area (Å²) < 4.78 is 21.6. The number of non-ortho nitro benzene ring substituents is 1. The molecule has 0 radical (unpaired) electrons. The summed E-state index contributed by atoms with van der Waals surface area (Å²) in [6, 6.07) is 8.98. The Morgan fingerprint density at radius 1 is 1.15 bits per heavy atom. The van der Waals surface area contributed by atoms with E-state index in [1.807, 2.05) is 0 Å². The number of ether oxygens (including phenoxy) is 4. The van der Waals surface area contributed by atoms with Gasteiger partial charge in [0, 0.05) is 17.8 Å². The molecule has 27 heavy (non-hydrogen) atoms. The second-order valence-corrected chi connectivity index (χ2v) is 5.70. The monoisotopic (exact) mass is 374 g/mol. The molecule has 0 fully saturated rings. The molecule has 1 amide bonds. The average Bonchev–Trinajstić information content (AvgIpc) is 2.67. The number of nitrogens with one attached hydrogen (secondary N) is 1. The standard InChI is InChI=1S/C18H18N2O7/c1-11(27-17-10-13(20(22)23)4-6-14(17)24-2)18(21)19-12-3-5-15-16(9-12)26-8-7-25-15/h3-6,9-11H,7-8H2,1-2H3,(H,19,21)/t11-/m1/s1. The van der Waals surface area contributed by atoms with Crippen LogP contribution in [0.5, 0.6) is 23.0 Å². The van der Waals surface area contributed by atoms with E-state index in [1.165, 1.54) is 32.2 Å². The number of benzene rings is 2. The number of methoxy groups -OCH3 is 1. The van der Waals surface area contributed by atoms with Crippen molar-refractivity contribution in [2.24, 2.45) is 0 Å². The zero-order valence-electron chi connectivity index (χ0n) is 14.8. The highest BCUT2D eigenvalue weighted by Gasteiger charge is 2.20. The lowest BCUT2D eigenvalue weighted by Crippen LogP contribution is -2.30. The Morgan fingerprint density at radius 2 is 1.89 bits per heavy atom. The third kappa shape index (κ3) is 4.20. The number of carbonyl (C=O) groups is 1. The van der Waals surface area contributed by atoms with E-state index in [0.717, 1.165) is 0 Å². The smallest absolute Gasteiger partial charge is 0.273 e. The van der Waals surface area contributed by atoms with Gasteiger partial charge in [0.15, 0.2) is 29.1 Å². The summed E-state index contributed by atoms with van der Waals surface area (Å²) in [6.07, 6.45) is -0.922. The minimum atomic E-state index is -0.922. The first-order valence-electron chi connectivity index (χ1n) is 8.17. The van der Waals surface area contributed by atoms with Gasteiger partial charge in [-0.2, -0.15) is 0 Å². The molecular formula is C18H18N2O7. The number of fused-ring (bicyclic) bond motifs is 1. The molecular weight excluding hydrogens is 356 g/mol. The van der Waals surface area contributed by atoms with Crippen molar-refractivity contribution in [2.45, 2.75) is 13.0 Å². The van der Waals surface area contributed by atoms with Crippen LogP contribution in [0.4, 0.5) is 11.4 Å². The largest absolute Gasteiger partial charge is 0.493 e. The summed E-state index contributed by atoms with van der Waals surface area (Å²) >= 11 is 0. The molecule has 1 aliphatic heterocycles. The van der Waals surface area contributed by atoms with Gasteiger partial charge < -0.3 is 24.3 Å². The molecule has 2 aromatic rings. The Kier molecular flexibility index (Phi) is 5.30. The van der Waals surface area contributed by atoms with Gasteiger partial charge in [0.2, 0.25) is 0 Å². The molecule has 0 saturated carbocycles. The number of nitro benzene ring substituents is 1. The van der Waals surface area contributed by atoms with Crippen molar-refractivity contribution in [3.63, 3.8) is 0 Å². The molecule has 0 spiro atoms. The van der Waals surface area contributed by atoms with Crippen molar-refractivity contribution in [1.29, 1.82) is 0 Å². The molecule has 0 bridgehead atoms. The van der Waals surface area contributed by atoms with Gasteiger partial charge in [-0.05, 0) is 25.1 Å². The van der Waals surface area contributed by atoms with Crippen LogP contribution in [0.25, 0.3) is 0 Å². The fourth-order valence-electron chi connectivity index (χ4n) is 2.48. The predicted octanol–water partition coefficient (Wildman–Crippen LogP) is 2.78. The molecule has 142 valence electrons. The number of hydrogen-bond acceptors (Lipinski definition) is 7. The van der Waals surface area contributed by atoms with Gasteiger partial charge in [0.1, 0.15) is 13.2 Å². The average molecular weight is 374 g/mol. The molecule has 9 heteroatoms. The maximum absolute atomic E-state index is 12.4. The number of hydrogen-bond donors (Lipinski definition) is 1. The number of carbonyl (C=O) groups excluding carboxylic acids is 1. The highest BCUT2D eigenvalue weighted by Crippen LogP contribution is 2.34. The van der Waals surface area contributed by atoms with Gasteiger partial charge in [-0.25, -0.2) is 0 Å². The molecule has 1 atom stereocenters. The van der Waals surface area contributed by atoms with E-state index in [-0.39, 0.29) is 11.4 Å². The molecule has 1 aliphatic rings. The topological polar surface area (TPSA) is 109 Å². The summed E-state index contributed by atoms with van der Waals surface area (Å²) in [7, 11) is 1.41. The third-order valence-corrected chi connectivity index (χ3v) is 3.84. The first-order valence-corrected chi connectivity index (χ1v) is 8.17. The molecule has 0 aliphatic carbocycles. The van der Waals surface area contributed by atoms with Gasteiger partial charge >= 0.3 is 0 Å². The Bertz CT molecular complexity index is 869. The summed E-state index contributed by atoms with van der Waals surface area (Å²) in [6.45, 7) is 2.46. The molecule has 1 heterocycles. The molecule has 1 N–H and O–H groups in total. The normalized spacial score (nSPS) is 13.4. The van der Waals surface area contributed by atoms with Gasteiger partial charge in [0.05, 0.1) is 18.1 Å². The van der Waals surface area contributed by atoms with Crippen LogP contribution >= 0.6 is 0 Å². The summed E-state index contributed by atoms with van der Waals surface area (Å²) in [5.41, 5.74) is 0.357. The van der Waals surface area contributed by atoms with Gasteiger partial charge in [0.25, 0.3) is 11.6 Å². The lowest BCUT2D eigenvalue weighted by molar-refractivity contribution is -0.385. The van der Waals surface area contributed by atoms with Crippen molar-refractivity contribution < 1.29 is 28.7 Å². The number of anilines is 1. The summed E-state index contributed by atoms with van der Waals surface area (Å²) in [4.78, 5) is 22.8. The number of nitrogens with zero attached hydrogens (tertiary/aromatic N) is 1. The van der Waals surface area contributed by atoms with Crippen molar-refractivity contribution in [2.75, 3.05) is 25.6 Å². The number of amides is 1. The summed E-state index contributed by atoms with van der Waals surface area (Å²) in [5.74, 6) is 1.13. The second kappa shape index (κ2) is 7.81. The van der Waals surface area contributed by atoms with Crippen LogP contribution in [0.15, 0.2) is 36.4 Å². The quantitative estimate of drug-likeness (QED) is 0.611. The Balaban J connectivity index is 1.71. The minimum absolute atomic E-state index is 0.108. The van der Waals surface area contributed by atoms with Crippen LogP contribution < -0.4 is 24.3 Å². The van der Waals surface area contributed by atoms with Crippen LogP contribution in [0.1, 0.15) is 6.92 Å². The Morgan fingerprint density at radius 3 is 2.59 bits per heavy atom. The van der Waals surface area contributed by atoms with Crippen LogP contribution in [-0.2, 0) is 4.79 Å². The van der Waals surface area contributed by atoms with Crippen LogP contribution in [0, 0.1) is 10.1 Å². The maximum atomic E-state index is 12.4. The zero-order valence-corrected chi connectivity index (χ0v) is 14.8. The molecule has 0 saturated heterocycles. The van der Waals surface area contributed by atoms with Crippen molar-refractivity contribution in [3.05, 3.63) is 46.5 Å². The maximum Gasteiger partial charge on any atom is 0.273 e. The first kappa shape index (κ1) is 18.3. The van der Waals surface area contributed by atoms with E-state index in [1.54, 1.807) is 18.2 Å². The first-order chi connectivity index (χ1) is 13.0. The molecule has 9 nitrogen and oxygen atoms in total. The van der Waals surface area contributed by atoms with E-state index >= 15 is 0 Å². The van der Waals surface area contributed by atoms with Crippen molar-refractivity contribution in [1.82, 2.24) is 0 Å². The van der Waals surface area contributed by atoms with Gasteiger partial charge in [-0.1, -0.05) is 0 Å². The number of rotatable bonds is 6. The van der Waals surface area contributed by atoms with Crippen LogP contribution in [0.3, 0.4) is 0 Å². The Labute approximate surface area is 154 Å². The molecule has 0 unspecified atom stereocenters. The summed E-state index contributed by atoms with van der Waals surface area (Å²) in [5, 5.41) is 13.7. The fourth-order valence-corrected chi connectivity index (χ4v) is 2.48. The van der Waals surface area contributed by atoms with E-state index < -0.39 is 16.9 Å². The predicted molar refractivity (Wildman–Crippen MR) is 95.8 cm³/mol. The van der Waals surface area contributed by atoms with Crippen molar-refractivity contribution in [3.8, 4) is 23.0 Å². The van der Waals surface area contributed by atoms with Crippen LogP contribution in [-0.4, -0.2) is 37.3 Å². The van der Waals surface area contributed by atoms with E-state index in [0.29, 0.717) is 36.1 Å². The Hall–Kier alpha value is -3.49. The molecule has 3 rings (SSSR count). The molecule has 0 aromatic heterocycles. The van der Waals surface area contributed by atoms with E-state index in [2.05, 4.69) is 5.32 Å². The van der Waals surface area contributed by atoms with Gasteiger partial charge in [-0.15, -0.1) is 0 Å². The lowest BCUT2D eigenvalue weighted by atomic mass is 10.2. The SMILES string of the molecule is COc1ccc([N+](=O)[O-])cc1O[C@H](C)C(=O)Nc1ccc2c(c1)OCCO2. The van der Waals surface area contributed by atoms with Crippen molar-refractivity contribution >= 4 is 17.3 Å². The minimum Gasteiger partial charge on any atom is -0.493 e. The molecule has 2 aromatic carbocycles. The third-order valence-electron chi connectivity index (χ3n) is 3.84. The second-order valence-electron chi connectivity index (χ2n) is 5.70. The van der Waals surface area contributed by atoms with Crippen LogP contribution in [0.2, 0.25) is 0 Å². The lowest BCUT2D eigenvalue weighted by Gasteiger charge is -2.20. The number of nitro groups is 1. The highest BCUT2D eigenvalue weighted by molar-refractivity contribution is 5.94. The zero-order chi connectivity index (χ0) is 19.4. The van der Waals surface area contributed by atoms with Gasteiger partial charge in [-0.3, -0.25) is 14.9 Å². The fraction of sp³-hybridized carbons (Fsp3) is 0.278. The van der Waals surface area contributed by atoms with E-state index in [4.69, 9.17) is 18.9 Å². The van der Waals surface area contributed by atoms with E-state index in [9.17, 15) is 14.9 Å². The highest BCUT2D eigenvalue weighted by atomic mass is 16.6.